The van der Waals surface area contributed by atoms with Crippen LogP contribution < -0.4 is 0 Å². The van der Waals surface area contributed by atoms with E-state index in [4.69, 9.17) is 5.26 Å². The molecule has 1 heterocycles. The predicted octanol–water partition coefficient (Wildman–Crippen LogP) is 2.93. The van der Waals surface area contributed by atoms with Crippen LogP contribution in [0.5, 0.6) is 0 Å². The summed E-state index contributed by atoms with van der Waals surface area (Å²) in [7, 11) is 0. The second-order valence-corrected chi connectivity index (χ2v) is 3.33. The minimum absolute atomic E-state index is 0.719. The normalized spacial score (nSPS) is 9.60. The Morgan fingerprint density at radius 1 is 1.20 bits per heavy atom. The second kappa shape index (κ2) is 3.93. The molecule has 0 atom stereocenters. The van der Waals surface area contributed by atoms with E-state index >= 15 is 0 Å². The van der Waals surface area contributed by atoms with Gasteiger partial charge in [0, 0.05) is 18.0 Å². The smallest absolute Gasteiger partial charge is 0.0994 e. The molecule has 1 aromatic carbocycles. The maximum atomic E-state index is 8.92. The zero-order chi connectivity index (χ0) is 10.7. The summed E-state index contributed by atoms with van der Waals surface area (Å²) in [5.41, 5.74) is 3.85. The Morgan fingerprint density at radius 2 is 2.07 bits per heavy atom. The van der Waals surface area contributed by atoms with Gasteiger partial charge in [-0.1, -0.05) is 18.2 Å². The van der Waals surface area contributed by atoms with Crippen LogP contribution in [0.1, 0.15) is 11.1 Å². The molecule has 0 spiro atoms. The average molecular weight is 194 g/mol. The highest BCUT2D eigenvalue weighted by atomic mass is 14.6. The van der Waals surface area contributed by atoms with Crippen LogP contribution in [-0.2, 0) is 0 Å². The first kappa shape index (κ1) is 9.42. The van der Waals surface area contributed by atoms with Crippen LogP contribution in [-0.4, -0.2) is 4.98 Å². The van der Waals surface area contributed by atoms with Crippen molar-refractivity contribution >= 4 is 0 Å². The number of nitriles is 1. The van der Waals surface area contributed by atoms with Gasteiger partial charge in [0.25, 0.3) is 0 Å². The summed E-state index contributed by atoms with van der Waals surface area (Å²) in [5.74, 6) is 0. The Balaban J connectivity index is 2.61. The van der Waals surface area contributed by atoms with Crippen LogP contribution in [0.4, 0.5) is 0 Å². The molecule has 1 aromatic heterocycles. The van der Waals surface area contributed by atoms with Crippen molar-refractivity contribution in [3.63, 3.8) is 0 Å². The van der Waals surface area contributed by atoms with E-state index in [9.17, 15) is 0 Å². The highest BCUT2D eigenvalue weighted by Gasteiger charge is 2.04. The Hall–Kier alpha value is -2.14. The molecule has 2 rings (SSSR count). The third-order valence-electron chi connectivity index (χ3n) is 2.43. The summed E-state index contributed by atoms with van der Waals surface area (Å²) in [6.07, 6.45) is 3.55. The predicted molar refractivity (Wildman–Crippen MR) is 59.1 cm³/mol. The number of benzene rings is 1. The molecular weight excluding hydrogens is 184 g/mol. The lowest BCUT2D eigenvalue weighted by atomic mass is 9.98. The Morgan fingerprint density at radius 3 is 2.73 bits per heavy atom. The molecule has 2 aromatic rings. The van der Waals surface area contributed by atoms with Gasteiger partial charge in [0.15, 0.2) is 0 Å². The zero-order valence-electron chi connectivity index (χ0n) is 8.44. The molecule has 0 bridgehead atoms. The van der Waals surface area contributed by atoms with Gasteiger partial charge in [-0.2, -0.15) is 5.26 Å². The zero-order valence-corrected chi connectivity index (χ0v) is 8.44. The first-order valence-corrected chi connectivity index (χ1v) is 4.73. The largest absolute Gasteiger partial charge is 0.264 e. The Labute approximate surface area is 88.8 Å². The van der Waals surface area contributed by atoms with E-state index < -0.39 is 0 Å². The second-order valence-electron chi connectivity index (χ2n) is 3.33. The van der Waals surface area contributed by atoms with Crippen LogP contribution in [0.2, 0.25) is 0 Å². The molecule has 15 heavy (non-hydrogen) atoms. The van der Waals surface area contributed by atoms with E-state index in [0.29, 0.717) is 0 Å². The van der Waals surface area contributed by atoms with Crippen molar-refractivity contribution in [3.8, 4) is 17.2 Å². The van der Waals surface area contributed by atoms with Gasteiger partial charge in [-0.25, -0.2) is 0 Å². The molecule has 0 unspecified atom stereocenters. The first-order chi connectivity index (χ1) is 7.33. The van der Waals surface area contributed by atoms with Gasteiger partial charge < -0.3 is 0 Å². The van der Waals surface area contributed by atoms with Crippen LogP contribution >= 0.6 is 0 Å². The highest BCUT2D eigenvalue weighted by Crippen LogP contribution is 2.24. The number of hydrogen-bond acceptors (Lipinski definition) is 2. The lowest BCUT2D eigenvalue weighted by molar-refractivity contribution is 1.31. The Kier molecular flexibility index (Phi) is 2.47. The van der Waals surface area contributed by atoms with E-state index in [1.54, 1.807) is 6.20 Å². The molecule has 0 saturated carbocycles. The van der Waals surface area contributed by atoms with Gasteiger partial charge in [0.1, 0.15) is 0 Å². The standard InChI is InChI=1S/C13H10N2/c1-10-11(8-14)4-2-6-13(10)12-5-3-7-15-9-12/h2-7,9H,1H3. The molecule has 0 amide bonds. The van der Waals surface area contributed by atoms with Crippen LogP contribution in [0.3, 0.4) is 0 Å². The summed E-state index contributed by atoms with van der Waals surface area (Å²) in [6.45, 7) is 1.96. The summed E-state index contributed by atoms with van der Waals surface area (Å²) in [5, 5.41) is 8.92. The molecule has 2 heteroatoms. The lowest BCUT2D eigenvalue weighted by Gasteiger charge is -2.06. The number of hydrogen-bond donors (Lipinski definition) is 0. The van der Waals surface area contributed by atoms with Crippen molar-refractivity contribution in [2.45, 2.75) is 6.92 Å². The van der Waals surface area contributed by atoms with Crippen molar-refractivity contribution in [1.82, 2.24) is 4.98 Å². The third kappa shape index (κ3) is 1.72. The van der Waals surface area contributed by atoms with Crippen molar-refractivity contribution in [2.24, 2.45) is 0 Å². The van der Waals surface area contributed by atoms with Crippen molar-refractivity contribution < 1.29 is 0 Å². The first-order valence-electron chi connectivity index (χ1n) is 4.73. The maximum Gasteiger partial charge on any atom is 0.0994 e. The summed E-state index contributed by atoms with van der Waals surface area (Å²) >= 11 is 0. The van der Waals surface area contributed by atoms with Gasteiger partial charge in [0.05, 0.1) is 11.6 Å². The SMILES string of the molecule is Cc1c(C#N)cccc1-c1cccnc1. The molecule has 0 fully saturated rings. The molecule has 0 aliphatic heterocycles. The van der Waals surface area contributed by atoms with Gasteiger partial charge in [-0.05, 0) is 30.2 Å². The molecule has 0 radical (unpaired) electrons. The van der Waals surface area contributed by atoms with Gasteiger partial charge in [-0.15, -0.1) is 0 Å². The summed E-state index contributed by atoms with van der Waals surface area (Å²) in [6, 6.07) is 11.8. The van der Waals surface area contributed by atoms with E-state index in [1.807, 2.05) is 43.5 Å². The van der Waals surface area contributed by atoms with E-state index in [1.165, 1.54) is 0 Å². The Bertz CT molecular complexity index is 510. The molecule has 0 N–H and O–H groups in total. The number of pyridine rings is 1. The minimum Gasteiger partial charge on any atom is -0.264 e. The monoisotopic (exact) mass is 194 g/mol. The van der Waals surface area contributed by atoms with Gasteiger partial charge in [0.2, 0.25) is 0 Å². The molecule has 2 nitrogen and oxygen atoms in total. The van der Waals surface area contributed by atoms with Crippen molar-refractivity contribution in [3.05, 3.63) is 53.9 Å². The quantitative estimate of drug-likeness (QED) is 0.699. The number of nitrogens with zero attached hydrogens (tertiary/aromatic N) is 2. The highest BCUT2D eigenvalue weighted by molar-refractivity contribution is 5.68. The topological polar surface area (TPSA) is 36.7 Å². The number of rotatable bonds is 1. The molecule has 0 aliphatic carbocycles. The third-order valence-corrected chi connectivity index (χ3v) is 2.43. The molecule has 0 aliphatic rings. The fourth-order valence-electron chi connectivity index (χ4n) is 1.59. The van der Waals surface area contributed by atoms with Crippen LogP contribution in [0.15, 0.2) is 42.7 Å². The van der Waals surface area contributed by atoms with E-state index in [-0.39, 0.29) is 0 Å². The molecule has 0 saturated heterocycles. The average Bonchev–Trinajstić information content (AvgIpc) is 2.30. The minimum atomic E-state index is 0.719. The fraction of sp³-hybridized carbons (Fsp3) is 0.0769. The lowest BCUT2D eigenvalue weighted by Crippen LogP contribution is -1.87. The van der Waals surface area contributed by atoms with Gasteiger partial charge >= 0.3 is 0 Å². The van der Waals surface area contributed by atoms with Crippen LogP contribution in [0, 0.1) is 18.3 Å². The van der Waals surface area contributed by atoms with E-state index in [2.05, 4.69) is 11.1 Å². The molecular formula is C13H10N2. The van der Waals surface area contributed by atoms with E-state index in [0.717, 1.165) is 22.3 Å². The summed E-state index contributed by atoms with van der Waals surface area (Å²) in [4.78, 5) is 4.07. The fourth-order valence-corrected chi connectivity index (χ4v) is 1.59. The van der Waals surface area contributed by atoms with Crippen molar-refractivity contribution in [1.29, 1.82) is 5.26 Å². The van der Waals surface area contributed by atoms with Gasteiger partial charge in [-0.3, -0.25) is 4.98 Å². The molecule has 72 valence electrons. The van der Waals surface area contributed by atoms with Crippen molar-refractivity contribution in [2.75, 3.05) is 0 Å². The van der Waals surface area contributed by atoms with Crippen LogP contribution in [0.25, 0.3) is 11.1 Å². The maximum absolute atomic E-state index is 8.92. The number of aromatic nitrogens is 1. The summed E-state index contributed by atoms with van der Waals surface area (Å²) < 4.78 is 0.